The molecule has 1 heterocycles. The first-order valence-corrected chi connectivity index (χ1v) is 5.94. The summed E-state index contributed by atoms with van der Waals surface area (Å²) in [4.78, 5) is 3.04. The number of alkyl halides is 3. The van der Waals surface area contributed by atoms with Crippen LogP contribution >= 0.6 is 0 Å². The molecule has 0 bridgehead atoms. The van der Waals surface area contributed by atoms with Crippen molar-refractivity contribution < 1.29 is 18.4 Å². The largest absolute Gasteiger partial charge is 0.416 e. The molecule has 0 atom stereocenters. The molecule has 2 aromatic rings. The monoisotopic (exact) mass is 268 g/mol. The molecule has 1 aliphatic rings. The molecule has 3 rings (SSSR count). The Balaban J connectivity index is 2.24. The second kappa shape index (κ2) is 4.01. The summed E-state index contributed by atoms with van der Waals surface area (Å²) in [6, 6.07) is 3.64. The zero-order valence-electron chi connectivity index (χ0n) is 9.88. The molecule has 2 N–H and O–H groups in total. The molecule has 1 aliphatic carbocycles. The summed E-state index contributed by atoms with van der Waals surface area (Å²) >= 11 is 0. The number of aromatic amines is 1. The van der Waals surface area contributed by atoms with Gasteiger partial charge in [-0.2, -0.15) is 13.2 Å². The van der Waals surface area contributed by atoms with Crippen LogP contribution in [0.25, 0.3) is 10.9 Å². The van der Waals surface area contributed by atoms with E-state index in [1.54, 1.807) is 0 Å². The number of fused-ring (bicyclic) bond motifs is 3. The van der Waals surface area contributed by atoms with Crippen LogP contribution < -0.4 is 0 Å². The number of oxime groups is 1. The van der Waals surface area contributed by atoms with Gasteiger partial charge in [0, 0.05) is 10.9 Å². The van der Waals surface area contributed by atoms with Crippen molar-refractivity contribution in [2.45, 2.75) is 25.4 Å². The van der Waals surface area contributed by atoms with Crippen LogP contribution in [0.15, 0.2) is 23.4 Å². The molecule has 1 aromatic carbocycles. The van der Waals surface area contributed by atoms with Crippen LogP contribution in [0, 0.1) is 0 Å². The van der Waals surface area contributed by atoms with Crippen molar-refractivity contribution in [2.24, 2.45) is 5.16 Å². The first kappa shape index (κ1) is 12.1. The van der Waals surface area contributed by atoms with E-state index in [1.165, 1.54) is 6.07 Å². The van der Waals surface area contributed by atoms with Crippen LogP contribution in [0.5, 0.6) is 0 Å². The van der Waals surface area contributed by atoms with E-state index < -0.39 is 11.7 Å². The van der Waals surface area contributed by atoms with Crippen LogP contribution in [-0.2, 0) is 12.6 Å². The molecule has 1 aromatic heterocycles. The Hall–Kier alpha value is -1.98. The first-order valence-electron chi connectivity index (χ1n) is 5.94. The highest BCUT2D eigenvalue weighted by atomic mass is 19.4. The van der Waals surface area contributed by atoms with Crippen LogP contribution in [-0.4, -0.2) is 15.9 Å². The van der Waals surface area contributed by atoms with E-state index in [0.717, 1.165) is 24.1 Å². The standard InChI is InChI=1S/C13H11F3N2O/c14-13(15,16)7-4-5-10-9(6-7)8-2-1-3-11(18-19)12(8)17-10/h4-6,17,19H,1-3H2/b18-11+. The van der Waals surface area contributed by atoms with Crippen molar-refractivity contribution in [2.75, 3.05) is 0 Å². The Kier molecular flexibility index (Phi) is 2.55. The number of hydrogen-bond donors (Lipinski definition) is 2. The Morgan fingerprint density at radius 2 is 2.00 bits per heavy atom. The lowest BCUT2D eigenvalue weighted by molar-refractivity contribution is -0.137. The van der Waals surface area contributed by atoms with Gasteiger partial charge in [-0.15, -0.1) is 0 Å². The highest BCUT2D eigenvalue weighted by molar-refractivity contribution is 6.06. The lowest BCUT2D eigenvalue weighted by Gasteiger charge is -2.12. The summed E-state index contributed by atoms with van der Waals surface area (Å²) in [6.07, 6.45) is -2.26. The maximum atomic E-state index is 12.7. The molecule has 0 unspecified atom stereocenters. The van der Waals surface area contributed by atoms with E-state index in [9.17, 15) is 13.2 Å². The third-order valence-corrected chi connectivity index (χ3v) is 3.48. The van der Waals surface area contributed by atoms with Crippen LogP contribution in [0.1, 0.15) is 29.7 Å². The minimum absolute atomic E-state index is 0.506. The number of nitrogens with one attached hydrogen (secondary N) is 1. The van der Waals surface area contributed by atoms with Gasteiger partial charge in [0.15, 0.2) is 0 Å². The third-order valence-electron chi connectivity index (χ3n) is 3.48. The summed E-state index contributed by atoms with van der Waals surface area (Å²) in [7, 11) is 0. The second-order valence-electron chi connectivity index (χ2n) is 4.64. The van der Waals surface area contributed by atoms with Gasteiger partial charge in [-0.3, -0.25) is 0 Å². The number of hydrogen-bond acceptors (Lipinski definition) is 2. The Labute approximate surface area is 106 Å². The van der Waals surface area contributed by atoms with Gasteiger partial charge in [0.1, 0.15) is 5.71 Å². The first-order chi connectivity index (χ1) is 9.00. The average molecular weight is 268 g/mol. The van der Waals surface area contributed by atoms with Gasteiger partial charge in [-0.1, -0.05) is 5.16 Å². The van der Waals surface area contributed by atoms with Gasteiger partial charge in [-0.05, 0) is 43.0 Å². The van der Waals surface area contributed by atoms with Crippen molar-refractivity contribution in [3.05, 3.63) is 35.0 Å². The number of rotatable bonds is 0. The Bertz CT molecular complexity index is 670. The Morgan fingerprint density at radius 3 is 2.68 bits per heavy atom. The van der Waals surface area contributed by atoms with E-state index in [-0.39, 0.29) is 0 Å². The summed E-state index contributed by atoms with van der Waals surface area (Å²) in [5.41, 5.74) is 1.95. The summed E-state index contributed by atoms with van der Waals surface area (Å²) in [6.45, 7) is 0. The van der Waals surface area contributed by atoms with Gasteiger partial charge < -0.3 is 10.2 Å². The molecular weight excluding hydrogens is 257 g/mol. The topological polar surface area (TPSA) is 48.4 Å². The van der Waals surface area contributed by atoms with E-state index in [4.69, 9.17) is 5.21 Å². The fourth-order valence-electron chi connectivity index (χ4n) is 2.59. The van der Waals surface area contributed by atoms with E-state index in [1.807, 2.05) is 0 Å². The quantitative estimate of drug-likeness (QED) is 0.555. The van der Waals surface area contributed by atoms with Crippen molar-refractivity contribution in [3.8, 4) is 0 Å². The molecule has 0 saturated heterocycles. The van der Waals surface area contributed by atoms with Gasteiger partial charge in [0.2, 0.25) is 0 Å². The van der Waals surface area contributed by atoms with Crippen molar-refractivity contribution >= 4 is 16.6 Å². The second-order valence-corrected chi connectivity index (χ2v) is 4.64. The normalized spacial score (nSPS) is 17.9. The van der Waals surface area contributed by atoms with Crippen molar-refractivity contribution in [1.82, 2.24) is 4.98 Å². The van der Waals surface area contributed by atoms with Crippen molar-refractivity contribution in [1.29, 1.82) is 0 Å². The number of halogens is 3. The number of benzene rings is 1. The highest BCUT2D eigenvalue weighted by Gasteiger charge is 2.31. The lowest BCUT2D eigenvalue weighted by atomic mass is 9.93. The number of aromatic nitrogens is 1. The maximum absolute atomic E-state index is 12.7. The molecule has 0 radical (unpaired) electrons. The highest BCUT2D eigenvalue weighted by Crippen LogP contribution is 2.35. The predicted octanol–water partition coefficient (Wildman–Crippen LogP) is 3.70. The summed E-state index contributed by atoms with van der Waals surface area (Å²) < 4.78 is 38.2. The van der Waals surface area contributed by atoms with Crippen molar-refractivity contribution in [3.63, 3.8) is 0 Å². The molecule has 0 amide bonds. The summed E-state index contributed by atoms with van der Waals surface area (Å²) in [5.74, 6) is 0. The number of aryl methyl sites for hydroxylation is 1. The SMILES string of the molecule is O/N=C1\CCCc2c1[nH]c1ccc(C(F)(F)F)cc21. The molecule has 0 fully saturated rings. The maximum Gasteiger partial charge on any atom is 0.416 e. The van der Waals surface area contributed by atoms with Gasteiger partial charge in [0.05, 0.1) is 11.3 Å². The molecule has 6 heteroatoms. The van der Waals surface area contributed by atoms with Gasteiger partial charge >= 0.3 is 6.18 Å². The van der Waals surface area contributed by atoms with Crippen LogP contribution in [0.2, 0.25) is 0 Å². The average Bonchev–Trinajstić information content (AvgIpc) is 2.75. The molecule has 0 saturated carbocycles. The number of nitrogens with zero attached hydrogens (tertiary/aromatic N) is 1. The smallest absolute Gasteiger partial charge is 0.411 e. The zero-order valence-corrected chi connectivity index (χ0v) is 9.88. The van der Waals surface area contributed by atoms with E-state index in [0.29, 0.717) is 35.2 Å². The molecule has 19 heavy (non-hydrogen) atoms. The van der Waals surface area contributed by atoms with Crippen LogP contribution in [0.3, 0.4) is 0 Å². The van der Waals surface area contributed by atoms with Crippen LogP contribution in [0.4, 0.5) is 13.2 Å². The van der Waals surface area contributed by atoms with E-state index in [2.05, 4.69) is 10.1 Å². The zero-order chi connectivity index (χ0) is 13.6. The molecular formula is C13H11F3N2O. The number of H-pyrrole nitrogens is 1. The Morgan fingerprint density at radius 1 is 1.21 bits per heavy atom. The summed E-state index contributed by atoms with van der Waals surface area (Å²) in [5, 5.41) is 12.7. The third kappa shape index (κ3) is 1.87. The minimum atomic E-state index is -4.35. The molecule has 0 spiro atoms. The predicted molar refractivity (Wildman–Crippen MR) is 64.6 cm³/mol. The minimum Gasteiger partial charge on any atom is -0.411 e. The van der Waals surface area contributed by atoms with E-state index >= 15 is 0 Å². The lowest BCUT2D eigenvalue weighted by Crippen LogP contribution is -2.11. The molecule has 100 valence electrons. The fraction of sp³-hybridized carbons (Fsp3) is 0.308. The molecule has 3 nitrogen and oxygen atoms in total. The fourth-order valence-corrected chi connectivity index (χ4v) is 2.59. The van der Waals surface area contributed by atoms with Gasteiger partial charge in [-0.25, -0.2) is 0 Å². The van der Waals surface area contributed by atoms with Gasteiger partial charge in [0.25, 0.3) is 0 Å². The molecule has 0 aliphatic heterocycles.